The minimum absolute atomic E-state index is 0.613. The highest BCUT2D eigenvalue weighted by Gasteiger charge is 2.24. The zero-order valence-electron chi connectivity index (χ0n) is 28.9. The molecule has 250 valence electrons. The van der Waals surface area contributed by atoms with Gasteiger partial charge in [0.25, 0.3) is 0 Å². The maximum absolute atomic E-state index is 6.83. The summed E-state index contributed by atoms with van der Waals surface area (Å²) in [7, 11) is 0. The van der Waals surface area contributed by atoms with Gasteiger partial charge in [-0.3, -0.25) is 0 Å². The van der Waals surface area contributed by atoms with Gasteiger partial charge < -0.3 is 8.98 Å². The maximum atomic E-state index is 6.83. The summed E-state index contributed by atoms with van der Waals surface area (Å²) in [6.07, 6.45) is 0. The van der Waals surface area contributed by atoms with Gasteiger partial charge in [0.1, 0.15) is 5.58 Å². The van der Waals surface area contributed by atoms with Crippen LogP contribution in [0.2, 0.25) is 0 Å². The number of para-hydroxylation sites is 1. The van der Waals surface area contributed by atoms with Crippen molar-refractivity contribution in [3.63, 3.8) is 0 Å². The summed E-state index contributed by atoms with van der Waals surface area (Å²) in [5.41, 5.74) is 7.76. The first-order valence-electron chi connectivity index (χ1n) is 18.2. The molecule has 5 heteroatoms. The van der Waals surface area contributed by atoms with Gasteiger partial charge in [-0.05, 0) is 63.3 Å². The van der Waals surface area contributed by atoms with Crippen molar-refractivity contribution < 1.29 is 4.42 Å². The quantitative estimate of drug-likeness (QED) is 0.173. The summed E-state index contributed by atoms with van der Waals surface area (Å²) >= 11 is 0. The Kier molecular flexibility index (Phi) is 5.99. The SMILES string of the molecule is c1ccc(-c2nc(-c3ccccc3)nc(-c3ccc4oc5c(-n6c7cccc8c9ccccc9c9c%10ccccc%10cc6c9c87)cccc5c4c3)n2)cc1. The van der Waals surface area contributed by atoms with E-state index in [0.717, 1.165) is 49.8 Å². The lowest BCUT2D eigenvalue weighted by Gasteiger charge is -2.11. The minimum atomic E-state index is 0.613. The van der Waals surface area contributed by atoms with E-state index in [1.165, 1.54) is 48.6 Å². The van der Waals surface area contributed by atoms with Crippen LogP contribution in [0.25, 0.3) is 116 Å². The number of hydrogen-bond donors (Lipinski definition) is 0. The monoisotopic (exact) mass is 688 g/mol. The molecule has 12 aromatic rings. The highest BCUT2D eigenvalue weighted by Crippen LogP contribution is 2.47. The molecule has 9 aromatic carbocycles. The van der Waals surface area contributed by atoms with Gasteiger partial charge in [-0.2, -0.15) is 0 Å². The molecule has 0 saturated carbocycles. The van der Waals surface area contributed by atoms with Crippen molar-refractivity contribution in [1.82, 2.24) is 19.5 Å². The van der Waals surface area contributed by atoms with Crippen molar-refractivity contribution in [3.8, 4) is 39.9 Å². The highest BCUT2D eigenvalue weighted by molar-refractivity contribution is 6.39. The fourth-order valence-corrected chi connectivity index (χ4v) is 8.62. The minimum Gasteiger partial charge on any atom is -0.454 e. The summed E-state index contributed by atoms with van der Waals surface area (Å²) in [6, 6.07) is 59.5. The zero-order valence-corrected chi connectivity index (χ0v) is 28.9. The normalized spacial score (nSPS) is 12.1. The second-order valence-corrected chi connectivity index (χ2v) is 14.0. The molecule has 3 aromatic heterocycles. The summed E-state index contributed by atoms with van der Waals surface area (Å²) in [5.74, 6) is 1.88. The van der Waals surface area contributed by atoms with Crippen LogP contribution in [-0.2, 0) is 0 Å². The van der Waals surface area contributed by atoms with Crippen LogP contribution in [0.3, 0.4) is 0 Å². The Morgan fingerprint density at radius 3 is 1.72 bits per heavy atom. The van der Waals surface area contributed by atoms with Crippen LogP contribution >= 0.6 is 0 Å². The fraction of sp³-hybridized carbons (Fsp3) is 0. The average molecular weight is 689 g/mol. The van der Waals surface area contributed by atoms with Crippen molar-refractivity contribution in [2.75, 3.05) is 0 Å². The third-order valence-corrected chi connectivity index (χ3v) is 11.0. The van der Waals surface area contributed by atoms with E-state index < -0.39 is 0 Å². The van der Waals surface area contributed by atoms with Crippen LogP contribution in [0.1, 0.15) is 0 Å². The van der Waals surface area contributed by atoms with Gasteiger partial charge >= 0.3 is 0 Å². The number of hydrogen-bond acceptors (Lipinski definition) is 4. The lowest BCUT2D eigenvalue weighted by atomic mass is 9.91. The molecule has 54 heavy (non-hydrogen) atoms. The van der Waals surface area contributed by atoms with Crippen molar-refractivity contribution in [1.29, 1.82) is 0 Å². The Labute approximate surface area is 308 Å². The summed E-state index contributed by atoms with van der Waals surface area (Å²) in [5, 5.41) is 12.2. The van der Waals surface area contributed by atoms with E-state index in [1.54, 1.807) is 0 Å². The molecule has 0 spiro atoms. The predicted molar refractivity (Wildman–Crippen MR) is 221 cm³/mol. The van der Waals surface area contributed by atoms with Crippen molar-refractivity contribution >= 4 is 76.1 Å². The summed E-state index contributed by atoms with van der Waals surface area (Å²) < 4.78 is 9.24. The molecule has 0 atom stereocenters. The van der Waals surface area contributed by atoms with E-state index in [1.807, 2.05) is 72.8 Å². The first kappa shape index (κ1) is 29.2. The lowest BCUT2D eigenvalue weighted by molar-refractivity contribution is 0.666. The first-order chi connectivity index (χ1) is 26.8. The Hall–Kier alpha value is -7.37. The summed E-state index contributed by atoms with van der Waals surface area (Å²) in [4.78, 5) is 14.9. The Morgan fingerprint density at radius 2 is 0.963 bits per heavy atom. The molecule has 0 aliphatic rings. The maximum Gasteiger partial charge on any atom is 0.164 e. The van der Waals surface area contributed by atoms with Crippen molar-refractivity contribution in [2.45, 2.75) is 0 Å². The number of fused-ring (bicyclic) bond motifs is 8. The number of furan rings is 1. The molecule has 0 aliphatic heterocycles. The molecule has 3 heterocycles. The van der Waals surface area contributed by atoms with E-state index >= 15 is 0 Å². The van der Waals surface area contributed by atoms with Crippen molar-refractivity contribution in [2.24, 2.45) is 0 Å². The van der Waals surface area contributed by atoms with Gasteiger partial charge in [-0.25, -0.2) is 15.0 Å². The van der Waals surface area contributed by atoms with Gasteiger partial charge in [0.05, 0.1) is 16.7 Å². The topological polar surface area (TPSA) is 56.7 Å². The molecular formula is C49H28N4O. The molecule has 0 N–H and O–H groups in total. The molecule has 0 aliphatic carbocycles. The number of rotatable bonds is 4. The van der Waals surface area contributed by atoms with E-state index in [-0.39, 0.29) is 0 Å². The van der Waals surface area contributed by atoms with Crippen LogP contribution < -0.4 is 0 Å². The fourth-order valence-electron chi connectivity index (χ4n) is 8.62. The average Bonchev–Trinajstić information content (AvgIpc) is 3.79. The molecule has 0 radical (unpaired) electrons. The molecule has 0 unspecified atom stereocenters. The smallest absolute Gasteiger partial charge is 0.164 e. The Balaban J connectivity index is 1.12. The number of aromatic nitrogens is 4. The molecule has 0 saturated heterocycles. The van der Waals surface area contributed by atoms with E-state index in [0.29, 0.717) is 17.5 Å². The Morgan fingerprint density at radius 1 is 0.370 bits per heavy atom. The van der Waals surface area contributed by atoms with E-state index in [9.17, 15) is 0 Å². The van der Waals surface area contributed by atoms with Gasteiger partial charge in [0.2, 0.25) is 0 Å². The van der Waals surface area contributed by atoms with Crippen molar-refractivity contribution in [3.05, 3.63) is 170 Å². The molecule has 0 bridgehead atoms. The second-order valence-electron chi connectivity index (χ2n) is 14.0. The van der Waals surface area contributed by atoms with Crippen LogP contribution in [0.5, 0.6) is 0 Å². The standard InChI is InChI=1S/C49H28N4O/c1-3-13-29(14-4-1)47-50-48(30-15-5-2-6-16-30)52-49(51-47)32-25-26-42-38(27-32)37-22-12-24-40(46(37)54-42)53-39-23-11-21-36-34-19-9-10-20-35(34)43-33-18-8-7-17-31(33)28-41(53)45(43)44(36)39/h1-28H. The molecule has 5 nitrogen and oxygen atoms in total. The van der Waals surface area contributed by atoms with Crippen LogP contribution in [0.15, 0.2) is 174 Å². The van der Waals surface area contributed by atoms with Gasteiger partial charge in [-0.1, -0.05) is 133 Å². The molecular weight excluding hydrogens is 661 g/mol. The van der Waals surface area contributed by atoms with Crippen LogP contribution in [0.4, 0.5) is 0 Å². The predicted octanol–water partition coefficient (Wildman–Crippen LogP) is 12.8. The molecule has 0 fully saturated rings. The van der Waals surface area contributed by atoms with E-state index in [4.69, 9.17) is 19.4 Å². The van der Waals surface area contributed by atoms with Crippen LogP contribution in [-0.4, -0.2) is 19.5 Å². The largest absolute Gasteiger partial charge is 0.454 e. The number of nitrogens with zero attached hydrogens (tertiary/aromatic N) is 4. The zero-order chi connectivity index (χ0) is 35.3. The third-order valence-electron chi connectivity index (χ3n) is 11.0. The number of benzene rings is 9. The van der Waals surface area contributed by atoms with Gasteiger partial charge in [0, 0.05) is 43.6 Å². The first-order valence-corrected chi connectivity index (χ1v) is 18.2. The Bertz CT molecular complexity index is 3370. The highest BCUT2D eigenvalue weighted by atomic mass is 16.3. The third kappa shape index (κ3) is 4.12. The lowest BCUT2D eigenvalue weighted by Crippen LogP contribution is -2.00. The molecule has 0 amide bonds. The van der Waals surface area contributed by atoms with E-state index in [2.05, 4.69) is 102 Å². The van der Waals surface area contributed by atoms with Gasteiger partial charge in [0.15, 0.2) is 23.1 Å². The van der Waals surface area contributed by atoms with Gasteiger partial charge in [-0.15, -0.1) is 0 Å². The molecule has 12 rings (SSSR count). The van der Waals surface area contributed by atoms with Crippen LogP contribution in [0, 0.1) is 0 Å². The summed E-state index contributed by atoms with van der Waals surface area (Å²) in [6.45, 7) is 0. The second kappa shape index (κ2) is 11.1.